The maximum absolute atomic E-state index is 11.6. The summed E-state index contributed by atoms with van der Waals surface area (Å²) in [5, 5.41) is 0. The lowest BCUT2D eigenvalue weighted by Gasteiger charge is -2.14. The first-order valence-electron chi connectivity index (χ1n) is 7.21. The van der Waals surface area contributed by atoms with Gasteiger partial charge in [0.1, 0.15) is 12.4 Å². The van der Waals surface area contributed by atoms with Crippen LogP contribution in [0.2, 0.25) is 0 Å². The Labute approximate surface area is 141 Å². The monoisotopic (exact) mass is 349 g/mol. The maximum atomic E-state index is 11.6. The Morgan fingerprint density at radius 2 is 1.79 bits per heavy atom. The van der Waals surface area contributed by atoms with Gasteiger partial charge in [-0.2, -0.15) is 0 Å². The van der Waals surface area contributed by atoms with Crippen molar-refractivity contribution in [3.63, 3.8) is 0 Å². The van der Waals surface area contributed by atoms with Crippen LogP contribution in [0.4, 0.5) is 5.69 Å². The Balaban J connectivity index is 2.23. The number of carbonyl (C=O) groups excluding carboxylic acids is 1. The van der Waals surface area contributed by atoms with Crippen molar-refractivity contribution in [2.75, 3.05) is 18.1 Å². The minimum atomic E-state index is -3.48. The van der Waals surface area contributed by atoms with Crippen LogP contribution >= 0.6 is 0 Å². The molecule has 0 saturated carbocycles. The number of benzene rings is 2. The lowest BCUT2D eigenvalue weighted by atomic mass is 10.1. The molecule has 0 bridgehead atoms. The van der Waals surface area contributed by atoms with E-state index in [0.29, 0.717) is 17.9 Å². The minimum absolute atomic E-state index is 0.0495. The van der Waals surface area contributed by atoms with Crippen molar-refractivity contribution in [3.8, 4) is 5.75 Å². The Bertz CT molecular complexity index is 803. The lowest BCUT2D eigenvalue weighted by molar-refractivity contribution is -0.139. The van der Waals surface area contributed by atoms with Crippen LogP contribution in [-0.4, -0.2) is 27.8 Å². The van der Waals surface area contributed by atoms with Gasteiger partial charge in [-0.1, -0.05) is 36.4 Å². The zero-order chi connectivity index (χ0) is 17.6. The summed E-state index contributed by atoms with van der Waals surface area (Å²) in [7, 11) is -2.18. The smallest absolute Gasteiger partial charge is 0.309 e. The molecular formula is C17H19NO5S. The van der Waals surface area contributed by atoms with Gasteiger partial charge in [-0.25, -0.2) is 8.42 Å². The minimum Gasteiger partial charge on any atom is -0.487 e. The Hall–Kier alpha value is -2.54. The van der Waals surface area contributed by atoms with Crippen molar-refractivity contribution >= 4 is 21.7 Å². The molecule has 1 N–H and O–H groups in total. The van der Waals surface area contributed by atoms with Crippen molar-refractivity contribution in [1.29, 1.82) is 0 Å². The predicted molar refractivity (Wildman–Crippen MR) is 91.4 cm³/mol. The number of anilines is 1. The standard InChI is InChI=1S/C17H19NO5S/c1-22-17(19)11-14-8-9-16(15(10-14)18-24(2,20)21)23-12-13-6-4-3-5-7-13/h3-10,18H,11-12H2,1-2H3. The SMILES string of the molecule is COC(=O)Cc1ccc(OCc2ccccc2)c(NS(C)(=O)=O)c1. The second-order valence-electron chi connectivity index (χ2n) is 5.23. The van der Waals surface area contributed by atoms with Crippen LogP contribution in [0, 0.1) is 0 Å². The topological polar surface area (TPSA) is 81.7 Å². The number of rotatable bonds is 7. The van der Waals surface area contributed by atoms with Crippen molar-refractivity contribution in [3.05, 3.63) is 59.7 Å². The van der Waals surface area contributed by atoms with E-state index in [1.165, 1.54) is 7.11 Å². The molecule has 2 aromatic carbocycles. The molecule has 0 spiro atoms. The van der Waals surface area contributed by atoms with Gasteiger partial charge in [0.2, 0.25) is 10.0 Å². The first kappa shape index (κ1) is 17.8. The fourth-order valence-electron chi connectivity index (χ4n) is 2.07. The van der Waals surface area contributed by atoms with E-state index >= 15 is 0 Å². The Morgan fingerprint density at radius 1 is 1.08 bits per heavy atom. The summed E-state index contributed by atoms with van der Waals surface area (Å²) in [6.45, 7) is 0.301. The summed E-state index contributed by atoms with van der Waals surface area (Å²) in [5.41, 5.74) is 1.87. The highest BCUT2D eigenvalue weighted by Crippen LogP contribution is 2.28. The molecule has 24 heavy (non-hydrogen) atoms. The first-order chi connectivity index (χ1) is 11.4. The van der Waals surface area contributed by atoms with Crippen LogP contribution in [0.15, 0.2) is 48.5 Å². The van der Waals surface area contributed by atoms with E-state index in [1.54, 1.807) is 18.2 Å². The molecule has 6 nitrogen and oxygen atoms in total. The normalized spacial score (nSPS) is 10.9. The summed E-state index contributed by atoms with van der Waals surface area (Å²) >= 11 is 0. The summed E-state index contributed by atoms with van der Waals surface area (Å²) in [5.74, 6) is -0.0175. The van der Waals surface area contributed by atoms with Crippen molar-refractivity contribution in [2.45, 2.75) is 13.0 Å². The zero-order valence-corrected chi connectivity index (χ0v) is 14.3. The summed E-state index contributed by atoms with van der Waals surface area (Å²) in [6.07, 6.45) is 1.11. The number of hydrogen-bond acceptors (Lipinski definition) is 5. The lowest BCUT2D eigenvalue weighted by Crippen LogP contribution is -2.12. The van der Waals surface area contributed by atoms with E-state index in [1.807, 2.05) is 30.3 Å². The highest BCUT2D eigenvalue weighted by Gasteiger charge is 2.12. The molecule has 0 aromatic heterocycles. The third kappa shape index (κ3) is 5.58. The Morgan fingerprint density at radius 3 is 2.42 bits per heavy atom. The van der Waals surface area contributed by atoms with E-state index in [0.717, 1.165) is 11.8 Å². The molecule has 128 valence electrons. The zero-order valence-electron chi connectivity index (χ0n) is 13.5. The molecule has 0 amide bonds. The molecule has 7 heteroatoms. The number of nitrogens with one attached hydrogen (secondary N) is 1. The third-order valence-electron chi connectivity index (χ3n) is 3.15. The number of carbonyl (C=O) groups is 1. The molecule has 2 rings (SSSR count). The molecule has 0 unspecified atom stereocenters. The van der Waals surface area contributed by atoms with Gasteiger partial charge in [0.15, 0.2) is 0 Å². The van der Waals surface area contributed by atoms with Gasteiger partial charge < -0.3 is 9.47 Å². The molecule has 0 fully saturated rings. The third-order valence-corrected chi connectivity index (χ3v) is 3.74. The molecule has 0 aliphatic carbocycles. The molecule has 2 aromatic rings. The van der Waals surface area contributed by atoms with Crippen molar-refractivity contribution in [1.82, 2.24) is 0 Å². The van der Waals surface area contributed by atoms with Gasteiger partial charge in [-0.3, -0.25) is 9.52 Å². The van der Waals surface area contributed by atoms with Crippen LogP contribution in [0.1, 0.15) is 11.1 Å². The highest BCUT2D eigenvalue weighted by atomic mass is 32.2. The molecule has 0 aliphatic rings. The van der Waals surface area contributed by atoms with E-state index in [2.05, 4.69) is 9.46 Å². The first-order valence-corrected chi connectivity index (χ1v) is 9.11. The molecule has 0 saturated heterocycles. The second kappa shape index (κ2) is 7.83. The van der Waals surface area contributed by atoms with Gasteiger partial charge >= 0.3 is 5.97 Å². The number of sulfonamides is 1. The predicted octanol–water partition coefficient (Wildman–Crippen LogP) is 2.35. The van der Waals surface area contributed by atoms with E-state index in [-0.39, 0.29) is 12.1 Å². The molecule has 0 radical (unpaired) electrons. The number of methoxy groups -OCH3 is 1. The van der Waals surface area contributed by atoms with Gasteiger partial charge in [0.05, 0.1) is 25.5 Å². The average molecular weight is 349 g/mol. The van der Waals surface area contributed by atoms with Crippen LogP contribution in [0.3, 0.4) is 0 Å². The number of hydrogen-bond donors (Lipinski definition) is 1. The highest BCUT2D eigenvalue weighted by molar-refractivity contribution is 7.92. The van der Waals surface area contributed by atoms with E-state index < -0.39 is 16.0 Å². The second-order valence-corrected chi connectivity index (χ2v) is 6.98. The largest absolute Gasteiger partial charge is 0.487 e. The average Bonchev–Trinajstić information content (AvgIpc) is 2.53. The summed E-state index contributed by atoms with van der Waals surface area (Å²) in [4.78, 5) is 11.4. The van der Waals surface area contributed by atoms with Crippen LogP contribution in [0.5, 0.6) is 5.75 Å². The molecule has 0 heterocycles. The van der Waals surface area contributed by atoms with Gasteiger partial charge in [-0.15, -0.1) is 0 Å². The summed E-state index contributed by atoms with van der Waals surface area (Å²) in [6, 6.07) is 14.4. The maximum Gasteiger partial charge on any atom is 0.309 e. The van der Waals surface area contributed by atoms with E-state index in [9.17, 15) is 13.2 Å². The quantitative estimate of drug-likeness (QED) is 0.776. The van der Waals surface area contributed by atoms with Crippen LogP contribution in [0.25, 0.3) is 0 Å². The van der Waals surface area contributed by atoms with Gasteiger partial charge in [0, 0.05) is 0 Å². The van der Waals surface area contributed by atoms with Crippen molar-refractivity contribution in [2.24, 2.45) is 0 Å². The Kier molecular flexibility index (Phi) is 5.81. The van der Waals surface area contributed by atoms with Crippen LogP contribution in [-0.2, 0) is 32.6 Å². The number of esters is 1. The number of ether oxygens (including phenoxy) is 2. The fourth-order valence-corrected chi connectivity index (χ4v) is 2.63. The fraction of sp³-hybridized carbons (Fsp3) is 0.235. The molecule has 0 aliphatic heterocycles. The van der Waals surface area contributed by atoms with Gasteiger partial charge in [-0.05, 0) is 23.3 Å². The van der Waals surface area contributed by atoms with Crippen LogP contribution < -0.4 is 9.46 Å². The molecule has 0 atom stereocenters. The van der Waals surface area contributed by atoms with Gasteiger partial charge in [0.25, 0.3) is 0 Å². The van der Waals surface area contributed by atoms with Crippen molar-refractivity contribution < 1.29 is 22.7 Å². The molecular weight excluding hydrogens is 330 g/mol. The summed E-state index contributed by atoms with van der Waals surface area (Å²) < 4.78 is 35.9. The van der Waals surface area contributed by atoms with E-state index in [4.69, 9.17) is 4.74 Å².